The first-order valence-corrected chi connectivity index (χ1v) is 7.89. The predicted molar refractivity (Wildman–Crippen MR) is 87.1 cm³/mol. The quantitative estimate of drug-likeness (QED) is 0.862. The molecule has 0 bridgehead atoms. The van der Waals surface area contributed by atoms with Gasteiger partial charge in [0, 0.05) is 6.04 Å². The van der Waals surface area contributed by atoms with Gasteiger partial charge in [-0.25, -0.2) is 0 Å². The van der Waals surface area contributed by atoms with Gasteiger partial charge in [-0.15, -0.1) is 0 Å². The number of nitrogens with one attached hydrogen (secondary N) is 1. The Balaban J connectivity index is 1.77. The van der Waals surface area contributed by atoms with E-state index in [1.165, 1.54) is 36.0 Å². The van der Waals surface area contributed by atoms with Crippen LogP contribution in [-0.4, -0.2) is 6.54 Å². The molecule has 2 aromatic rings. The minimum Gasteiger partial charge on any atom is -0.457 e. The number of aryl methyl sites for hydroxylation is 2. The molecule has 1 unspecified atom stereocenters. The van der Waals surface area contributed by atoms with Crippen molar-refractivity contribution in [3.63, 3.8) is 0 Å². The van der Waals surface area contributed by atoms with Crippen LogP contribution < -0.4 is 10.1 Å². The molecule has 0 spiro atoms. The summed E-state index contributed by atoms with van der Waals surface area (Å²) in [7, 11) is 0. The fourth-order valence-corrected chi connectivity index (χ4v) is 3.02. The summed E-state index contributed by atoms with van der Waals surface area (Å²) < 4.78 is 6.04. The van der Waals surface area contributed by atoms with E-state index in [2.05, 4.69) is 55.6 Å². The largest absolute Gasteiger partial charge is 0.457 e. The van der Waals surface area contributed by atoms with E-state index < -0.39 is 0 Å². The van der Waals surface area contributed by atoms with E-state index in [-0.39, 0.29) is 0 Å². The third-order valence-electron chi connectivity index (χ3n) is 4.17. The second-order valence-electron chi connectivity index (χ2n) is 5.74. The zero-order valence-corrected chi connectivity index (χ0v) is 12.9. The van der Waals surface area contributed by atoms with E-state index in [9.17, 15) is 0 Å². The third kappa shape index (κ3) is 3.27. The van der Waals surface area contributed by atoms with Gasteiger partial charge in [0.2, 0.25) is 0 Å². The molecule has 110 valence electrons. The van der Waals surface area contributed by atoms with Crippen LogP contribution in [0.1, 0.15) is 43.0 Å². The van der Waals surface area contributed by atoms with Crippen molar-refractivity contribution in [3.05, 3.63) is 59.2 Å². The molecule has 2 heteroatoms. The number of hydrogen-bond donors (Lipinski definition) is 1. The fourth-order valence-electron chi connectivity index (χ4n) is 3.02. The van der Waals surface area contributed by atoms with E-state index in [0.717, 1.165) is 18.0 Å². The van der Waals surface area contributed by atoms with Crippen molar-refractivity contribution in [1.82, 2.24) is 5.32 Å². The molecule has 0 saturated carbocycles. The van der Waals surface area contributed by atoms with E-state index >= 15 is 0 Å². The molecular formula is C19H23NO. The summed E-state index contributed by atoms with van der Waals surface area (Å²) in [5.74, 6) is 1.86. The molecule has 2 aromatic carbocycles. The Labute approximate surface area is 127 Å². The average Bonchev–Trinajstić information content (AvgIpc) is 2.95. The number of benzene rings is 2. The Morgan fingerprint density at radius 1 is 1.05 bits per heavy atom. The van der Waals surface area contributed by atoms with Gasteiger partial charge in [-0.05, 0) is 73.7 Å². The summed E-state index contributed by atoms with van der Waals surface area (Å²) in [6.07, 6.45) is 3.67. The van der Waals surface area contributed by atoms with Crippen LogP contribution >= 0.6 is 0 Å². The number of fused-ring (bicyclic) bond motifs is 1. The molecule has 0 heterocycles. The van der Waals surface area contributed by atoms with Crippen molar-refractivity contribution in [2.24, 2.45) is 0 Å². The van der Waals surface area contributed by atoms with Crippen LogP contribution in [0.25, 0.3) is 0 Å². The summed E-state index contributed by atoms with van der Waals surface area (Å²) >= 11 is 0. The average molecular weight is 281 g/mol. The first-order valence-electron chi connectivity index (χ1n) is 7.89. The highest BCUT2D eigenvalue weighted by molar-refractivity contribution is 5.41. The first-order chi connectivity index (χ1) is 10.3. The van der Waals surface area contributed by atoms with Gasteiger partial charge in [0.1, 0.15) is 11.5 Å². The zero-order chi connectivity index (χ0) is 14.7. The van der Waals surface area contributed by atoms with Gasteiger partial charge in [-0.2, -0.15) is 0 Å². The molecule has 0 amide bonds. The van der Waals surface area contributed by atoms with Crippen LogP contribution in [0.2, 0.25) is 0 Å². The summed E-state index contributed by atoms with van der Waals surface area (Å²) in [4.78, 5) is 0. The van der Waals surface area contributed by atoms with E-state index in [4.69, 9.17) is 4.74 Å². The van der Waals surface area contributed by atoms with Crippen LogP contribution in [0.4, 0.5) is 0 Å². The number of hydrogen-bond acceptors (Lipinski definition) is 2. The molecule has 1 N–H and O–H groups in total. The molecule has 3 rings (SSSR count). The van der Waals surface area contributed by atoms with Crippen molar-refractivity contribution in [1.29, 1.82) is 0 Å². The Morgan fingerprint density at radius 3 is 2.71 bits per heavy atom. The first kappa shape index (κ1) is 14.2. The topological polar surface area (TPSA) is 21.3 Å². The second-order valence-corrected chi connectivity index (χ2v) is 5.74. The maximum atomic E-state index is 6.04. The molecular weight excluding hydrogens is 258 g/mol. The van der Waals surface area contributed by atoms with E-state index in [1.54, 1.807) is 0 Å². The van der Waals surface area contributed by atoms with Crippen molar-refractivity contribution >= 4 is 0 Å². The van der Waals surface area contributed by atoms with Crippen molar-refractivity contribution in [3.8, 4) is 11.5 Å². The van der Waals surface area contributed by atoms with Gasteiger partial charge < -0.3 is 10.1 Å². The van der Waals surface area contributed by atoms with E-state index in [1.807, 2.05) is 6.07 Å². The van der Waals surface area contributed by atoms with Gasteiger partial charge in [-0.3, -0.25) is 0 Å². The Hall–Kier alpha value is -1.80. The fraction of sp³-hybridized carbons (Fsp3) is 0.368. The molecule has 1 atom stereocenters. The minimum absolute atomic E-state index is 0.346. The van der Waals surface area contributed by atoms with Crippen LogP contribution in [0.5, 0.6) is 11.5 Å². The molecule has 1 aliphatic carbocycles. The standard InChI is InChI=1S/C19H23NO/c1-3-20-14(2)16-7-5-9-18(12-16)21-19-11-10-15-6-4-8-17(15)13-19/h5,7,9-14,20H,3-4,6,8H2,1-2H3. The second kappa shape index (κ2) is 6.31. The van der Waals surface area contributed by atoms with Crippen LogP contribution in [-0.2, 0) is 12.8 Å². The molecule has 21 heavy (non-hydrogen) atoms. The SMILES string of the molecule is CCNC(C)c1cccc(Oc2ccc3c(c2)CCC3)c1. The minimum atomic E-state index is 0.346. The lowest BCUT2D eigenvalue weighted by molar-refractivity contribution is 0.479. The van der Waals surface area contributed by atoms with Crippen LogP contribution in [0, 0.1) is 0 Å². The molecule has 1 aliphatic rings. The Kier molecular flexibility index (Phi) is 4.26. The van der Waals surface area contributed by atoms with Gasteiger partial charge in [0.25, 0.3) is 0 Å². The van der Waals surface area contributed by atoms with Gasteiger partial charge in [0.15, 0.2) is 0 Å². The van der Waals surface area contributed by atoms with Crippen molar-refractivity contribution < 1.29 is 4.74 Å². The number of ether oxygens (including phenoxy) is 1. The maximum Gasteiger partial charge on any atom is 0.127 e. The lowest BCUT2D eigenvalue weighted by Gasteiger charge is -2.14. The summed E-state index contributed by atoms with van der Waals surface area (Å²) in [6, 6.07) is 15.2. The third-order valence-corrected chi connectivity index (χ3v) is 4.17. The normalized spacial score (nSPS) is 14.8. The highest BCUT2D eigenvalue weighted by Gasteiger charge is 2.12. The summed E-state index contributed by atoms with van der Waals surface area (Å²) in [6.45, 7) is 5.27. The predicted octanol–water partition coefficient (Wildman–Crippen LogP) is 4.64. The summed E-state index contributed by atoms with van der Waals surface area (Å²) in [5.41, 5.74) is 4.19. The lowest BCUT2D eigenvalue weighted by Crippen LogP contribution is -2.17. The highest BCUT2D eigenvalue weighted by atomic mass is 16.5. The number of rotatable bonds is 5. The van der Waals surface area contributed by atoms with Gasteiger partial charge >= 0.3 is 0 Å². The van der Waals surface area contributed by atoms with Gasteiger partial charge in [0.05, 0.1) is 0 Å². The molecule has 0 aromatic heterocycles. The van der Waals surface area contributed by atoms with Gasteiger partial charge in [-0.1, -0.05) is 25.1 Å². The van der Waals surface area contributed by atoms with Crippen LogP contribution in [0.3, 0.4) is 0 Å². The highest BCUT2D eigenvalue weighted by Crippen LogP contribution is 2.29. The van der Waals surface area contributed by atoms with Crippen LogP contribution in [0.15, 0.2) is 42.5 Å². The van der Waals surface area contributed by atoms with Crippen molar-refractivity contribution in [2.75, 3.05) is 6.54 Å². The van der Waals surface area contributed by atoms with E-state index in [0.29, 0.717) is 6.04 Å². The maximum absolute atomic E-state index is 6.04. The molecule has 0 saturated heterocycles. The monoisotopic (exact) mass is 281 g/mol. The lowest BCUT2D eigenvalue weighted by atomic mass is 10.1. The Bertz CT molecular complexity index is 621. The Morgan fingerprint density at radius 2 is 1.86 bits per heavy atom. The molecule has 0 fully saturated rings. The zero-order valence-electron chi connectivity index (χ0n) is 12.9. The molecule has 2 nitrogen and oxygen atoms in total. The molecule has 0 aliphatic heterocycles. The molecule has 0 radical (unpaired) electrons. The van der Waals surface area contributed by atoms with Crippen molar-refractivity contribution in [2.45, 2.75) is 39.2 Å². The summed E-state index contributed by atoms with van der Waals surface area (Å²) in [5, 5.41) is 3.43. The smallest absolute Gasteiger partial charge is 0.127 e.